The molecular weight excluding hydrogens is 330 g/mol. The second kappa shape index (κ2) is 10.6. The summed E-state index contributed by atoms with van der Waals surface area (Å²) in [6, 6.07) is 6.91. The predicted molar refractivity (Wildman–Crippen MR) is 105 cm³/mol. The van der Waals surface area contributed by atoms with Crippen LogP contribution in [-0.2, 0) is 16.0 Å². The highest BCUT2D eigenvalue weighted by atomic mass is 16.4. The maximum Gasteiger partial charge on any atom is 0.320 e. The molecule has 0 bridgehead atoms. The number of carbonyl (C=O) groups excluding carboxylic acids is 1. The monoisotopic (exact) mass is 361 g/mol. The zero-order chi connectivity index (χ0) is 19.7. The van der Waals surface area contributed by atoms with Crippen LogP contribution < -0.4 is 5.73 Å². The number of amides is 1. The molecule has 1 atom stereocenters. The van der Waals surface area contributed by atoms with Gasteiger partial charge >= 0.3 is 5.97 Å². The number of H-pyrrole nitrogens is 1. The molecule has 0 spiro atoms. The van der Waals surface area contributed by atoms with E-state index in [1.807, 2.05) is 49.2 Å². The molecule has 1 aromatic heterocycles. The number of aliphatic carboxylic acids is 1. The Bertz CT molecular complexity index is 705. The highest BCUT2D eigenvalue weighted by Crippen LogP contribution is 2.18. The van der Waals surface area contributed by atoms with E-state index in [0.717, 1.165) is 29.6 Å². The smallest absolute Gasteiger partial charge is 0.320 e. The number of nitrogens with zero attached hydrogens (tertiary/aromatic N) is 1. The van der Waals surface area contributed by atoms with Crippen molar-refractivity contribution in [3.05, 3.63) is 36.0 Å². The Labute approximate surface area is 155 Å². The highest BCUT2D eigenvalue weighted by molar-refractivity contribution is 5.84. The Balaban J connectivity index is 0.000000276. The standard InChI is InChI=1S/C11H12N2O2.C9H19NO/c12-9(11(14)15)5-7-6-13-10-4-2-1-3-8(7)10;1-5-10(6-2)9(11)7-8(3)4/h1-4,6,9,13H,5,12H2,(H,14,15);8H,5-7H2,1-4H3. The Morgan fingerprint density at radius 2 is 1.81 bits per heavy atom. The Kier molecular flexibility index (Phi) is 8.85. The van der Waals surface area contributed by atoms with Gasteiger partial charge in [0.05, 0.1) is 0 Å². The zero-order valence-corrected chi connectivity index (χ0v) is 16.2. The number of carboxylic acid groups (broad SMARTS) is 1. The molecule has 1 amide bonds. The maximum absolute atomic E-state index is 11.3. The Morgan fingerprint density at radius 1 is 1.19 bits per heavy atom. The highest BCUT2D eigenvalue weighted by Gasteiger charge is 2.14. The van der Waals surface area contributed by atoms with Gasteiger partial charge in [0.1, 0.15) is 6.04 Å². The first kappa shape index (κ1) is 21.7. The summed E-state index contributed by atoms with van der Waals surface area (Å²) in [6.45, 7) is 9.84. The van der Waals surface area contributed by atoms with Crippen LogP contribution in [0.3, 0.4) is 0 Å². The molecule has 2 rings (SSSR count). The van der Waals surface area contributed by atoms with Crippen LogP contribution >= 0.6 is 0 Å². The molecule has 1 heterocycles. The summed E-state index contributed by atoms with van der Waals surface area (Å²) >= 11 is 0. The van der Waals surface area contributed by atoms with E-state index in [0.29, 0.717) is 18.8 Å². The third-order valence-electron chi connectivity index (χ3n) is 4.13. The quantitative estimate of drug-likeness (QED) is 0.706. The first-order chi connectivity index (χ1) is 12.3. The zero-order valence-electron chi connectivity index (χ0n) is 16.2. The Morgan fingerprint density at radius 3 is 2.35 bits per heavy atom. The van der Waals surface area contributed by atoms with Gasteiger partial charge in [0, 0.05) is 43.0 Å². The third kappa shape index (κ3) is 6.52. The molecule has 0 aliphatic carbocycles. The van der Waals surface area contributed by atoms with E-state index in [2.05, 4.69) is 18.8 Å². The van der Waals surface area contributed by atoms with Gasteiger partial charge in [0.15, 0.2) is 0 Å². The van der Waals surface area contributed by atoms with Gasteiger partial charge in [-0.2, -0.15) is 0 Å². The van der Waals surface area contributed by atoms with Gasteiger partial charge in [0.2, 0.25) is 5.91 Å². The average molecular weight is 361 g/mol. The first-order valence-electron chi connectivity index (χ1n) is 9.11. The number of nitrogens with one attached hydrogen (secondary N) is 1. The molecule has 1 unspecified atom stereocenters. The van der Waals surface area contributed by atoms with E-state index >= 15 is 0 Å². The number of rotatable bonds is 7. The van der Waals surface area contributed by atoms with Crippen LogP contribution in [0.15, 0.2) is 30.5 Å². The van der Waals surface area contributed by atoms with Crippen LogP contribution in [0.25, 0.3) is 10.9 Å². The van der Waals surface area contributed by atoms with Crippen molar-refractivity contribution in [3.63, 3.8) is 0 Å². The van der Waals surface area contributed by atoms with Gasteiger partial charge in [0.25, 0.3) is 0 Å². The minimum absolute atomic E-state index is 0.282. The summed E-state index contributed by atoms with van der Waals surface area (Å²) in [5, 5.41) is 9.75. The molecule has 144 valence electrons. The average Bonchev–Trinajstić information content (AvgIpc) is 2.99. The second-order valence-corrected chi connectivity index (χ2v) is 6.67. The molecule has 0 aliphatic rings. The number of fused-ring (bicyclic) bond motifs is 1. The second-order valence-electron chi connectivity index (χ2n) is 6.67. The van der Waals surface area contributed by atoms with Gasteiger partial charge in [-0.15, -0.1) is 0 Å². The van der Waals surface area contributed by atoms with Crippen molar-refractivity contribution in [2.75, 3.05) is 13.1 Å². The number of carboxylic acids is 1. The number of aromatic nitrogens is 1. The van der Waals surface area contributed by atoms with Crippen molar-refractivity contribution in [1.29, 1.82) is 0 Å². The summed E-state index contributed by atoms with van der Waals surface area (Å²) < 4.78 is 0. The summed E-state index contributed by atoms with van der Waals surface area (Å²) in [6.07, 6.45) is 2.84. The number of para-hydroxylation sites is 1. The largest absolute Gasteiger partial charge is 0.480 e. The molecule has 6 heteroatoms. The molecule has 26 heavy (non-hydrogen) atoms. The number of aromatic amines is 1. The fraction of sp³-hybridized carbons (Fsp3) is 0.500. The molecular formula is C20H31N3O3. The number of carbonyl (C=O) groups is 2. The van der Waals surface area contributed by atoms with Crippen molar-refractivity contribution in [2.45, 2.75) is 46.6 Å². The van der Waals surface area contributed by atoms with Crippen LogP contribution in [0.2, 0.25) is 0 Å². The topological polar surface area (TPSA) is 99.4 Å². The summed E-state index contributed by atoms with van der Waals surface area (Å²) in [5.41, 5.74) is 7.43. The fourth-order valence-corrected chi connectivity index (χ4v) is 2.68. The van der Waals surface area contributed by atoms with E-state index in [1.54, 1.807) is 0 Å². The molecule has 0 radical (unpaired) electrons. The Hall–Kier alpha value is -2.34. The van der Waals surface area contributed by atoms with Gasteiger partial charge in [-0.3, -0.25) is 9.59 Å². The van der Waals surface area contributed by atoms with Crippen molar-refractivity contribution in [3.8, 4) is 0 Å². The fourth-order valence-electron chi connectivity index (χ4n) is 2.68. The molecule has 6 nitrogen and oxygen atoms in total. The number of nitrogens with two attached hydrogens (primary N) is 1. The van der Waals surface area contributed by atoms with Crippen molar-refractivity contribution in [1.82, 2.24) is 9.88 Å². The van der Waals surface area contributed by atoms with Crippen molar-refractivity contribution >= 4 is 22.8 Å². The molecule has 0 saturated heterocycles. The van der Waals surface area contributed by atoms with Crippen LogP contribution in [-0.4, -0.2) is 46.0 Å². The summed E-state index contributed by atoms with van der Waals surface area (Å²) in [4.78, 5) is 26.9. The van der Waals surface area contributed by atoms with Gasteiger partial charge in [-0.25, -0.2) is 0 Å². The lowest BCUT2D eigenvalue weighted by molar-refractivity contribution is -0.138. The van der Waals surface area contributed by atoms with E-state index in [4.69, 9.17) is 10.8 Å². The van der Waals surface area contributed by atoms with Crippen LogP contribution in [0.5, 0.6) is 0 Å². The van der Waals surface area contributed by atoms with E-state index in [1.165, 1.54) is 0 Å². The lowest BCUT2D eigenvalue weighted by Crippen LogP contribution is -2.32. The van der Waals surface area contributed by atoms with Gasteiger partial charge in [-0.1, -0.05) is 32.0 Å². The normalized spacial score (nSPS) is 11.8. The van der Waals surface area contributed by atoms with E-state index in [9.17, 15) is 9.59 Å². The molecule has 0 saturated carbocycles. The maximum atomic E-state index is 11.3. The lowest BCUT2D eigenvalue weighted by atomic mass is 10.1. The molecule has 0 aliphatic heterocycles. The SMILES string of the molecule is CCN(CC)C(=O)CC(C)C.NC(Cc1c[nH]c2ccccc12)C(=O)O. The van der Waals surface area contributed by atoms with Crippen LogP contribution in [0.1, 0.15) is 39.7 Å². The van der Waals surface area contributed by atoms with Crippen LogP contribution in [0, 0.1) is 5.92 Å². The summed E-state index contributed by atoms with van der Waals surface area (Å²) in [7, 11) is 0. The number of benzene rings is 1. The van der Waals surface area contributed by atoms with E-state index in [-0.39, 0.29) is 5.91 Å². The number of hydrogen-bond acceptors (Lipinski definition) is 3. The van der Waals surface area contributed by atoms with Gasteiger partial charge < -0.3 is 20.7 Å². The summed E-state index contributed by atoms with van der Waals surface area (Å²) in [5.74, 6) is -0.214. The van der Waals surface area contributed by atoms with Crippen LogP contribution in [0.4, 0.5) is 0 Å². The van der Waals surface area contributed by atoms with Crippen molar-refractivity contribution in [2.24, 2.45) is 11.7 Å². The first-order valence-corrected chi connectivity index (χ1v) is 9.11. The molecule has 2 aromatic rings. The van der Waals surface area contributed by atoms with Crippen molar-refractivity contribution < 1.29 is 14.7 Å². The molecule has 4 N–H and O–H groups in total. The molecule has 0 fully saturated rings. The van der Waals surface area contributed by atoms with E-state index < -0.39 is 12.0 Å². The minimum atomic E-state index is -0.972. The van der Waals surface area contributed by atoms with Gasteiger partial charge in [-0.05, 0) is 31.4 Å². The third-order valence-corrected chi connectivity index (χ3v) is 4.13. The number of hydrogen-bond donors (Lipinski definition) is 3. The minimum Gasteiger partial charge on any atom is -0.480 e. The lowest BCUT2D eigenvalue weighted by Gasteiger charge is -2.19. The molecule has 1 aromatic carbocycles. The predicted octanol–water partition coefficient (Wildman–Crippen LogP) is 3.02.